The smallest absolute Gasteiger partial charge is 0.137 e. The third-order valence-electron chi connectivity index (χ3n) is 4.68. The lowest BCUT2D eigenvalue weighted by Gasteiger charge is -2.03. The van der Waals surface area contributed by atoms with Gasteiger partial charge in [-0.3, -0.25) is 0 Å². The molecule has 0 fully saturated rings. The second-order valence-corrected chi connectivity index (χ2v) is 6.31. The molecule has 0 aliphatic rings. The number of aromatic nitrogens is 2. The first-order valence-electron chi connectivity index (χ1n) is 8.47. The van der Waals surface area contributed by atoms with Crippen LogP contribution in [0.25, 0.3) is 39.0 Å². The molecule has 0 bridgehead atoms. The molecule has 5 rings (SSSR count). The summed E-state index contributed by atoms with van der Waals surface area (Å²) in [5.74, 6) is 0. The Labute approximate surface area is 150 Å². The van der Waals surface area contributed by atoms with E-state index in [2.05, 4.69) is 12.3 Å². The van der Waals surface area contributed by atoms with Gasteiger partial charge in [-0.2, -0.15) is 0 Å². The lowest BCUT2D eigenvalue weighted by molar-refractivity contribution is 0.282. The third-order valence-corrected chi connectivity index (χ3v) is 4.68. The van der Waals surface area contributed by atoms with Crippen molar-refractivity contribution in [2.75, 3.05) is 0 Å². The fraction of sp³-hybridized carbons (Fsp3) is 0.0455. The number of fused-ring (bicyclic) bond motifs is 2. The highest BCUT2D eigenvalue weighted by atomic mass is 16.3. The number of hydrogen-bond donors (Lipinski definition) is 1. The molecule has 0 unspecified atom stereocenters. The van der Waals surface area contributed by atoms with Crippen LogP contribution in [0.5, 0.6) is 0 Å². The van der Waals surface area contributed by atoms with Gasteiger partial charge in [0.1, 0.15) is 17.5 Å². The number of pyridine rings is 1. The van der Waals surface area contributed by atoms with Crippen molar-refractivity contribution in [1.29, 1.82) is 0 Å². The summed E-state index contributed by atoms with van der Waals surface area (Å²) in [5.41, 5.74) is 6.76. The maximum Gasteiger partial charge on any atom is 0.137 e. The maximum atomic E-state index is 9.19. The highest BCUT2D eigenvalue weighted by Gasteiger charge is 2.11. The van der Waals surface area contributed by atoms with Crippen molar-refractivity contribution in [3.63, 3.8) is 0 Å². The molecular weight excluding hydrogens is 324 g/mol. The van der Waals surface area contributed by atoms with Gasteiger partial charge in [-0.05, 0) is 34.9 Å². The number of rotatable bonds is 3. The van der Waals surface area contributed by atoms with E-state index < -0.39 is 0 Å². The van der Waals surface area contributed by atoms with Crippen molar-refractivity contribution >= 4 is 16.6 Å². The summed E-state index contributed by atoms with van der Waals surface area (Å²) in [6.07, 6.45) is 5.86. The molecule has 0 saturated carbocycles. The molecule has 0 aliphatic carbocycles. The van der Waals surface area contributed by atoms with Gasteiger partial charge in [-0.1, -0.05) is 42.5 Å². The van der Waals surface area contributed by atoms with E-state index in [9.17, 15) is 5.11 Å². The number of benzene rings is 2. The zero-order chi connectivity index (χ0) is 17.5. The zero-order valence-electron chi connectivity index (χ0n) is 14.0. The molecule has 126 valence electrons. The summed E-state index contributed by atoms with van der Waals surface area (Å²) in [6, 6.07) is 20.0. The second-order valence-electron chi connectivity index (χ2n) is 6.31. The van der Waals surface area contributed by atoms with E-state index in [1.165, 1.54) is 0 Å². The third kappa shape index (κ3) is 2.39. The topological polar surface area (TPSA) is 50.7 Å². The van der Waals surface area contributed by atoms with Crippen LogP contribution in [-0.2, 0) is 6.61 Å². The SMILES string of the molecule is OCc1ccc(-c2ccc3nc(-c4coc5ccccc45)cn3c2)cc1. The molecule has 4 nitrogen and oxygen atoms in total. The summed E-state index contributed by atoms with van der Waals surface area (Å²) in [7, 11) is 0. The van der Waals surface area contributed by atoms with E-state index in [-0.39, 0.29) is 6.61 Å². The number of hydrogen-bond acceptors (Lipinski definition) is 3. The molecule has 0 spiro atoms. The Hall–Kier alpha value is -3.37. The van der Waals surface area contributed by atoms with Gasteiger partial charge in [-0.25, -0.2) is 4.98 Å². The van der Waals surface area contributed by atoms with Gasteiger partial charge in [0.15, 0.2) is 0 Å². The lowest BCUT2D eigenvalue weighted by Crippen LogP contribution is -1.87. The van der Waals surface area contributed by atoms with Crippen molar-refractivity contribution in [2.45, 2.75) is 6.61 Å². The Morgan fingerprint density at radius 3 is 2.54 bits per heavy atom. The molecule has 0 atom stereocenters. The number of para-hydroxylation sites is 1. The van der Waals surface area contributed by atoms with Gasteiger partial charge in [0.25, 0.3) is 0 Å². The summed E-state index contributed by atoms with van der Waals surface area (Å²) >= 11 is 0. The van der Waals surface area contributed by atoms with Crippen molar-refractivity contribution < 1.29 is 9.52 Å². The number of imidazole rings is 1. The molecule has 5 aromatic rings. The Kier molecular flexibility index (Phi) is 3.37. The summed E-state index contributed by atoms with van der Waals surface area (Å²) in [4.78, 5) is 4.74. The molecule has 0 saturated heterocycles. The van der Waals surface area contributed by atoms with Crippen LogP contribution in [0.3, 0.4) is 0 Å². The standard InChI is InChI=1S/C22H16N2O2/c25-13-15-5-7-16(8-6-15)17-9-10-22-23-20(12-24(22)11-17)19-14-26-21-4-2-1-3-18(19)21/h1-12,14,25H,13H2. The molecule has 2 aromatic carbocycles. The van der Waals surface area contributed by atoms with Gasteiger partial charge in [0.2, 0.25) is 0 Å². The van der Waals surface area contributed by atoms with E-state index in [4.69, 9.17) is 9.40 Å². The van der Waals surface area contributed by atoms with E-state index in [1.807, 2.05) is 65.2 Å². The first kappa shape index (κ1) is 14.9. The van der Waals surface area contributed by atoms with Crippen molar-refractivity contribution in [1.82, 2.24) is 9.38 Å². The highest BCUT2D eigenvalue weighted by Crippen LogP contribution is 2.30. The number of furan rings is 1. The van der Waals surface area contributed by atoms with Crippen molar-refractivity contribution in [3.8, 4) is 22.4 Å². The Balaban J connectivity index is 1.59. The highest BCUT2D eigenvalue weighted by molar-refractivity contribution is 5.93. The Morgan fingerprint density at radius 1 is 0.885 bits per heavy atom. The molecular formula is C22H16N2O2. The van der Waals surface area contributed by atoms with Gasteiger partial charge >= 0.3 is 0 Å². The minimum absolute atomic E-state index is 0.0584. The summed E-state index contributed by atoms with van der Waals surface area (Å²) < 4.78 is 7.68. The number of aliphatic hydroxyl groups excluding tert-OH is 1. The van der Waals surface area contributed by atoms with Gasteiger partial charge in [-0.15, -0.1) is 0 Å². The molecule has 3 heterocycles. The van der Waals surface area contributed by atoms with Crippen molar-refractivity contribution in [3.05, 3.63) is 84.9 Å². The van der Waals surface area contributed by atoms with Crippen LogP contribution >= 0.6 is 0 Å². The summed E-state index contributed by atoms with van der Waals surface area (Å²) in [5, 5.41) is 10.3. The van der Waals surface area contributed by atoms with Gasteiger partial charge in [0.05, 0.1) is 12.3 Å². The first-order valence-corrected chi connectivity index (χ1v) is 8.47. The van der Waals surface area contributed by atoms with Crippen LogP contribution in [0, 0.1) is 0 Å². The van der Waals surface area contributed by atoms with E-state index in [1.54, 1.807) is 6.26 Å². The summed E-state index contributed by atoms with van der Waals surface area (Å²) in [6.45, 7) is 0.0584. The molecule has 3 aromatic heterocycles. The zero-order valence-corrected chi connectivity index (χ0v) is 14.0. The van der Waals surface area contributed by atoms with Crippen LogP contribution < -0.4 is 0 Å². The van der Waals surface area contributed by atoms with Crippen LogP contribution in [0.1, 0.15) is 5.56 Å². The van der Waals surface area contributed by atoms with Crippen LogP contribution in [0.2, 0.25) is 0 Å². The van der Waals surface area contributed by atoms with Crippen molar-refractivity contribution in [2.24, 2.45) is 0 Å². The van der Waals surface area contributed by atoms with Crippen LogP contribution in [-0.4, -0.2) is 14.5 Å². The minimum Gasteiger partial charge on any atom is -0.464 e. The second kappa shape index (κ2) is 5.86. The van der Waals surface area contributed by atoms with Gasteiger partial charge < -0.3 is 13.9 Å². The lowest BCUT2D eigenvalue weighted by atomic mass is 10.1. The predicted octanol–water partition coefficient (Wildman–Crippen LogP) is 4.91. The fourth-order valence-electron chi connectivity index (χ4n) is 3.27. The molecule has 0 aliphatic heterocycles. The molecule has 0 amide bonds. The average Bonchev–Trinajstić information content (AvgIpc) is 3.31. The van der Waals surface area contributed by atoms with Gasteiger partial charge in [0, 0.05) is 23.3 Å². The molecule has 1 N–H and O–H groups in total. The fourth-order valence-corrected chi connectivity index (χ4v) is 3.27. The normalized spacial score (nSPS) is 11.4. The Morgan fingerprint density at radius 2 is 1.69 bits per heavy atom. The Bertz CT molecular complexity index is 1220. The maximum absolute atomic E-state index is 9.19. The monoisotopic (exact) mass is 340 g/mol. The molecule has 0 radical (unpaired) electrons. The van der Waals surface area contributed by atoms with E-state index in [0.29, 0.717) is 0 Å². The van der Waals surface area contributed by atoms with Crippen LogP contribution in [0.15, 0.2) is 83.7 Å². The predicted molar refractivity (Wildman–Crippen MR) is 102 cm³/mol. The minimum atomic E-state index is 0.0584. The molecule has 26 heavy (non-hydrogen) atoms. The quantitative estimate of drug-likeness (QED) is 0.508. The van der Waals surface area contributed by atoms with Crippen LogP contribution in [0.4, 0.5) is 0 Å². The van der Waals surface area contributed by atoms with E-state index >= 15 is 0 Å². The number of aliphatic hydroxyl groups is 1. The number of nitrogens with zero attached hydrogens (tertiary/aromatic N) is 2. The first-order chi connectivity index (χ1) is 12.8. The molecule has 4 heteroatoms. The average molecular weight is 340 g/mol. The van der Waals surface area contributed by atoms with E-state index in [0.717, 1.165) is 44.6 Å². The largest absolute Gasteiger partial charge is 0.464 e.